The lowest BCUT2D eigenvalue weighted by Gasteiger charge is -2.10. The highest BCUT2D eigenvalue weighted by Gasteiger charge is 2.13. The fourth-order valence-corrected chi connectivity index (χ4v) is 2.62. The van der Waals surface area contributed by atoms with E-state index in [1.165, 1.54) is 6.92 Å². The van der Waals surface area contributed by atoms with Crippen LogP contribution in [0.3, 0.4) is 0 Å². The lowest BCUT2D eigenvalue weighted by molar-refractivity contribution is -0.119. The van der Waals surface area contributed by atoms with Crippen molar-refractivity contribution in [3.63, 3.8) is 0 Å². The van der Waals surface area contributed by atoms with Gasteiger partial charge in [0.25, 0.3) is 5.91 Å². The molecule has 0 fully saturated rings. The molecular formula is C20H21N5O2. The molecule has 0 saturated carbocycles. The first-order chi connectivity index (χ1) is 13.1. The van der Waals surface area contributed by atoms with Crippen molar-refractivity contribution in [3.05, 3.63) is 77.9 Å². The van der Waals surface area contributed by atoms with E-state index in [2.05, 4.69) is 20.7 Å². The van der Waals surface area contributed by atoms with Crippen molar-refractivity contribution in [2.24, 2.45) is 0 Å². The first kappa shape index (κ1) is 18.3. The zero-order valence-corrected chi connectivity index (χ0v) is 15.1. The lowest BCUT2D eigenvalue weighted by Crippen LogP contribution is -2.27. The van der Waals surface area contributed by atoms with Gasteiger partial charge in [0.1, 0.15) is 0 Å². The third-order valence-corrected chi connectivity index (χ3v) is 3.97. The van der Waals surface area contributed by atoms with Crippen LogP contribution in [-0.2, 0) is 17.8 Å². The molecule has 1 aromatic carbocycles. The number of carbonyl (C=O) groups is 2. The Bertz CT molecular complexity index is 921. The Morgan fingerprint density at radius 1 is 1.07 bits per heavy atom. The normalized spacial score (nSPS) is 10.4. The van der Waals surface area contributed by atoms with Crippen LogP contribution >= 0.6 is 0 Å². The number of nitrogens with zero attached hydrogens (tertiary/aromatic N) is 3. The van der Waals surface area contributed by atoms with Crippen molar-refractivity contribution >= 4 is 11.8 Å². The average Bonchev–Trinajstić information content (AvgIpc) is 3.16. The van der Waals surface area contributed by atoms with Gasteiger partial charge in [0, 0.05) is 50.1 Å². The molecule has 2 N–H and O–H groups in total. The molecule has 138 valence electrons. The van der Waals surface area contributed by atoms with Gasteiger partial charge in [-0.1, -0.05) is 18.2 Å². The third-order valence-electron chi connectivity index (χ3n) is 3.97. The maximum Gasteiger partial charge on any atom is 0.253 e. The molecule has 2 amide bonds. The molecular weight excluding hydrogens is 342 g/mol. The quantitative estimate of drug-likeness (QED) is 0.671. The molecule has 0 aliphatic carbocycles. The van der Waals surface area contributed by atoms with Crippen LogP contribution < -0.4 is 10.6 Å². The van der Waals surface area contributed by atoms with Gasteiger partial charge in [0.05, 0.1) is 17.4 Å². The van der Waals surface area contributed by atoms with Crippen molar-refractivity contribution in [2.75, 3.05) is 6.54 Å². The van der Waals surface area contributed by atoms with E-state index in [0.29, 0.717) is 30.8 Å². The third kappa shape index (κ3) is 5.01. The largest absolute Gasteiger partial charge is 0.352 e. The highest BCUT2D eigenvalue weighted by Crippen LogP contribution is 2.14. The smallest absolute Gasteiger partial charge is 0.253 e. The second-order valence-electron chi connectivity index (χ2n) is 6.05. The van der Waals surface area contributed by atoms with Crippen molar-refractivity contribution in [1.82, 2.24) is 25.4 Å². The second kappa shape index (κ2) is 8.75. The van der Waals surface area contributed by atoms with Gasteiger partial charge in [-0.2, -0.15) is 5.10 Å². The monoisotopic (exact) mass is 363 g/mol. The topological polar surface area (TPSA) is 88.9 Å². The van der Waals surface area contributed by atoms with E-state index < -0.39 is 0 Å². The fraction of sp³-hybridized carbons (Fsp3) is 0.200. The number of hydrogen-bond donors (Lipinski definition) is 2. The average molecular weight is 363 g/mol. The molecule has 0 spiro atoms. The number of para-hydroxylation sites is 1. The molecule has 2 heterocycles. The zero-order valence-electron chi connectivity index (χ0n) is 15.1. The summed E-state index contributed by atoms with van der Waals surface area (Å²) in [6, 6.07) is 13.0. The Morgan fingerprint density at radius 2 is 1.89 bits per heavy atom. The number of aromatic nitrogens is 3. The van der Waals surface area contributed by atoms with Crippen LogP contribution in [0.25, 0.3) is 5.69 Å². The zero-order chi connectivity index (χ0) is 19.1. The predicted octanol–water partition coefficient (Wildman–Crippen LogP) is 1.88. The molecule has 0 aliphatic heterocycles. The van der Waals surface area contributed by atoms with Crippen LogP contribution in [0.1, 0.15) is 28.5 Å². The summed E-state index contributed by atoms with van der Waals surface area (Å²) in [7, 11) is 0. The van der Waals surface area contributed by atoms with Crippen LogP contribution in [0.4, 0.5) is 0 Å². The van der Waals surface area contributed by atoms with Gasteiger partial charge in [-0.3, -0.25) is 14.6 Å². The number of nitrogens with one attached hydrogen (secondary N) is 2. The lowest BCUT2D eigenvalue weighted by atomic mass is 10.1. The Morgan fingerprint density at radius 3 is 2.67 bits per heavy atom. The maximum atomic E-state index is 12.6. The van der Waals surface area contributed by atoms with E-state index >= 15 is 0 Å². The van der Waals surface area contributed by atoms with Crippen molar-refractivity contribution < 1.29 is 9.59 Å². The van der Waals surface area contributed by atoms with Gasteiger partial charge in [0.15, 0.2) is 0 Å². The molecule has 27 heavy (non-hydrogen) atoms. The molecule has 7 heteroatoms. The number of benzene rings is 1. The second-order valence-corrected chi connectivity index (χ2v) is 6.05. The number of hydrogen-bond acceptors (Lipinski definition) is 4. The molecule has 0 radical (unpaired) electrons. The van der Waals surface area contributed by atoms with Gasteiger partial charge in [0.2, 0.25) is 5.91 Å². The molecule has 0 unspecified atom stereocenters. The first-order valence-electron chi connectivity index (χ1n) is 8.69. The summed E-state index contributed by atoms with van der Waals surface area (Å²) in [5.41, 5.74) is 3.01. The van der Waals surface area contributed by atoms with Crippen LogP contribution in [0, 0.1) is 0 Å². The van der Waals surface area contributed by atoms with E-state index in [1.807, 2.05) is 36.4 Å². The minimum absolute atomic E-state index is 0.101. The summed E-state index contributed by atoms with van der Waals surface area (Å²) in [5, 5.41) is 9.97. The highest BCUT2D eigenvalue weighted by atomic mass is 16.2. The Balaban J connectivity index is 1.68. The SMILES string of the molecule is CC(=O)NCc1cnn(-c2ccccc2C(=O)NCCc2ccccn2)c1. The molecule has 3 rings (SSSR count). The molecule has 0 saturated heterocycles. The van der Waals surface area contributed by atoms with Gasteiger partial charge < -0.3 is 10.6 Å². The number of rotatable bonds is 7. The van der Waals surface area contributed by atoms with Gasteiger partial charge in [-0.05, 0) is 24.3 Å². The summed E-state index contributed by atoms with van der Waals surface area (Å²) in [4.78, 5) is 27.9. The van der Waals surface area contributed by atoms with Gasteiger partial charge in [-0.15, -0.1) is 0 Å². The minimum Gasteiger partial charge on any atom is -0.352 e. The van der Waals surface area contributed by atoms with E-state index in [4.69, 9.17) is 0 Å². The summed E-state index contributed by atoms with van der Waals surface area (Å²) in [5.74, 6) is -0.268. The van der Waals surface area contributed by atoms with E-state index in [-0.39, 0.29) is 11.8 Å². The summed E-state index contributed by atoms with van der Waals surface area (Å²) < 4.78 is 1.64. The van der Waals surface area contributed by atoms with E-state index in [0.717, 1.165) is 11.3 Å². The van der Waals surface area contributed by atoms with Crippen LogP contribution in [0.2, 0.25) is 0 Å². The molecule has 7 nitrogen and oxygen atoms in total. The first-order valence-corrected chi connectivity index (χ1v) is 8.69. The Labute approximate surface area is 157 Å². The standard InChI is InChI=1S/C20H21N5O2/c1-15(26)23-12-16-13-24-25(14-16)19-8-3-2-7-18(19)20(27)22-11-9-17-6-4-5-10-21-17/h2-8,10,13-14H,9,11-12H2,1H3,(H,22,27)(H,23,26). The number of carbonyl (C=O) groups excluding carboxylic acids is 2. The number of pyridine rings is 1. The fourth-order valence-electron chi connectivity index (χ4n) is 2.62. The number of amides is 2. The predicted molar refractivity (Wildman–Crippen MR) is 101 cm³/mol. The van der Waals surface area contributed by atoms with Crippen molar-refractivity contribution in [3.8, 4) is 5.69 Å². The van der Waals surface area contributed by atoms with Crippen LogP contribution in [0.15, 0.2) is 61.1 Å². The van der Waals surface area contributed by atoms with E-state index in [9.17, 15) is 9.59 Å². The Kier molecular flexibility index (Phi) is 5.94. The van der Waals surface area contributed by atoms with Gasteiger partial charge in [-0.25, -0.2) is 4.68 Å². The minimum atomic E-state index is -0.166. The molecule has 0 bridgehead atoms. The molecule has 0 atom stereocenters. The highest BCUT2D eigenvalue weighted by molar-refractivity contribution is 5.97. The Hall–Kier alpha value is -3.48. The van der Waals surface area contributed by atoms with Crippen molar-refractivity contribution in [2.45, 2.75) is 19.9 Å². The summed E-state index contributed by atoms with van der Waals surface area (Å²) in [6.45, 7) is 2.36. The summed E-state index contributed by atoms with van der Waals surface area (Å²) in [6.07, 6.45) is 5.88. The summed E-state index contributed by atoms with van der Waals surface area (Å²) >= 11 is 0. The molecule has 3 aromatic rings. The van der Waals surface area contributed by atoms with Crippen LogP contribution in [0.5, 0.6) is 0 Å². The molecule has 2 aromatic heterocycles. The maximum absolute atomic E-state index is 12.6. The van der Waals surface area contributed by atoms with Crippen molar-refractivity contribution in [1.29, 1.82) is 0 Å². The van der Waals surface area contributed by atoms with Gasteiger partial charge >= 0.3 is 0 Å². The van der Waals surface area contributed by atoms with E-state index in [1.54, 1.807) is 29.3 Å². The molecule has 0 aliphatic rings. The van der Waals surface area contributed by atoms with Crippen LogP contribution in [-0.4, -0.2) is 33.1 Å².